The van der Waals surface area contributed by atoms with Crippen molar-refractivity contribution < 1.29 is 0 Å². The Balaban J connectivity index is 1.94. The molecule has 1 aromatic rings. The third-order valence-corrected chi connectivity index (χ3v) is 2.93. The van der Waals surface area contributed by atoms with Crippen molar-refractivity contribution in [2.45, 2.75) is 45.2 Å². The van der Waals surface area contributed by atoms with Crippen molar-refractivity contribution in [3.05, 3.63) is 18.0 Å². The summed E-state index contributed by atoms with van der Waals surface area (Å²) in [6.07, 6.45) is 9.53. The van der Waals surface area contributed by atoms with Crippen LogP contribution in [0.25, 0.3) is 0 Å². The van der Waals surface area contributed by atoms with Crippen molar-refractivity contribution in [1.29, 1.82) is 0 Å². The van der Waals surface area contributed by atoms with Crippen LogP contribution in [0.5, 0.6) is 0 Å². The predicted molar refractivity (Wildman–Crippen MR) is 57.1 cm³/mol. The minimum Gasteiger partial charge on any atom is -0.313 e. The van der Waals surface area contributed by atoms with Crippen LogP contribution in [0.1, 0.15) is 44.2 Å². The van der Waals surface area contributed by atoms with Crippen LogP contribution in [0.4, 0.5) is 0 Å². The molecule has 0 atom stereocenters. The van der Waals surface area contributed by atoms with Gasteiger partial charge >= 0.3 is 0 Å². The predicted octanol–water partition coefficient (Wildman–Crippen LogP) is 2.11. The highest BCUT2D eigenvalue weighted by Crippen LogP contribution is 2.28. The average Bonchev–Trinajstić information content (AvgIpc) is 2.85. The summed E-state index contributed by atoms with van der Waals surface area (Å²) in [6, 6.07) is 0.672. The van der Waals surface area contributed by atoms with Gasteiger partial charge < -0.3 is 5.32 Å². The molecule has 0 spiro atoms. The highest BCUT2D eigenvalue weighted by molar-refractivity contribution is 5.04. The fraction of sp³-hybridized carbons (Fsp3) is 0.727. The number of nitrogens with zero attached hydrogens (tertiary/aromatic N) is 2. The summed E-state index contributed by atoms with van der Waals surface area (Å²) in [5, 5.41) is 7.74. The molecule has 1 saturated carbocycles. The number of aromatic nitrogens is 2. The molecule has 0 radical (unpaired) electrons. The molecule has 1 fully saturated rings. The maximum atomic E-state index is 4.43. The zero-order valence-electron chi connectivity index (χ0n) is 8.87. The monoisotopic (exact) mass is 193 g/mol. The quantitative estimate of drug-likeness (QED) is 0.793. The lowest BCUT2D eigenvalue weighted by Gasteiger charge is -2.08. The van der Waals surface area contributed by atoms with E-state index in [2.05, 4.69) is 28.2 Å². The first-order chi connectivity index (χ1) is 6.90. The maximum Gasteiger partial charge on any atom is 0.0534 e. The Morgan fingerprint density at radius 1 is 1.50 bits per heavy atom. The van der Waals surface area contributed by atoms with E-state index in [1.54, 1.807) is 0 Å². The van der Waals surface area contributed by atoms with Gasteiger partial charge in [0.05, 0.1) is 12.2 Å². The second kappa shape index (κ2) is 4.60. The molecule has 1 N–H and O–H groups in total. The van der Waals surface area contributed by atoms with E-state index in [0.717, 1.165) is 13.1 Å². The van der Waals surface area contributed by atoms with E-state index in [9.17, 15) is 0 Å². The minimum absolute atomic E-state index is 0.672. The molecule has 0 aromatic carbocycles. The molecule has 0 aliphatic heterocycles. The van der Waals surface area contributed by atoms with Crippen LogP contribution in [0, 0.1) is 0 Å². The molecule has 0 amide bonds. The van der Waals surface area contributed by atoms with Gasteiger partial charge in [-0.3, -0.25) is 4.68 Å². The average molecular weight is 193 g/mol. The van der Waals surface area contributed by atoms with E-state index >= 15 is 0 Å². The third-order valence-electron chi connectivity index (χ3n) is 2.93. The largest absolute Gasteiger partial charge is 0.313 e. The second-order valence-electron chi connectivity index (χ2n) is 4.05. The van der Waals surface area contributed by atoms with Crippen LogP contribution in [0.15, 0.2) is 12.4 Å². The Hall–Kier alpha value is -0.830. The van der Waals surface area contributed by atoms with E-state index in [4.69, 9.17) is 0 Å². The van der Waals surface area contributed by atoms with Crippen LogP contribution in [0.3, 0.4) is 0 Å². The molecule has 2 rings (SSSR count). The van der Waals surface area contributed by atoms with Gasteiger partial charge in [-0.25, -0.2) is 0 Å². The van der Waals surface area contributed by atoms with Crippen molar-refractivity contribution in [3.63, 3.8) is 0 Å². The van der Waals surface area contributed by atoms with Gasteiger partial charge in [0.15, 0.2) is 0 Å². The lowest BCUT2D eigenvalue weighted by atomic mass is 10.2. The summed E-state index contributed by atoms with van der Waals surface area (Å²) in [5.74, 6) is 0. The lowest BCUT2D eigenvalue weighted by Crippen LogP contribution is -2.11. The van der Waals surface area contributed by atoms with Crippen LogP contribution in [0.2, 0.25) is 0 Å². The van der Waals surface area contributed by atoms with Gasteiger partial charge in [-0.1, -0.05) is 19.8 Å². The van der Waals surface area contributed by atoms with Gasteiger partial charge in [-0.05, 0) is 19.4 Å². The summed E-state index contributed by atoms with van der Waals surface area (Å²) in [5.41, 5.74) is 1.30. The normalized spacial score (nSPS) is 17.8. The smallest absolute Gasteiger partial charge is 0.0534 e. The molecule has 1 aliphatic rings. The fourth-order valence-corrected chi connectivity index (χ4v) is 2.11. The molecule has 1 aromatic heterocycles. The van der Waals surface area contributed by atoms with Gasteiger partial charge in [0.2, 0.25) is 0 Å². The molecule has 0 saturated heterocycles. The molecular weight excluding hydrogens is 174 g/mol. The van der Waals surface area contributed by atoms with E-state index in [0.29, 0.717) is 6.04 Å². The summed E-state index contributed by atoms with van der Waals surface area (Å²) in [7, 11) is 0. The van der Waals surface area contributed by atoms with Gasteiger partial charge in [0, 0.05) is 18.3 Å². The van der Waals surface area contributed by atoms with Gasteiger partial charge in [0.25, 0.3) is 0 Å². The summed E-state index contributed by atoms with van der Waals surface area (Å²) < 4.78 is 2.15. The Kier molecular flexibility index (Phi) is 3.19. The molecule has 1 heterocycles. The highest BCUT2D eigenvalue weighted by atomic mass is 15.3. The summed E-state index contributed by atoms with van der Waals surface area (Å²) in [4.78, 5) is 0. The molecule has 14 heavy (non-hydrogen) atoms. The zero-order chi connectivity index (χ0) is 9.80. The van der Waals surface area contributed by atoms with Crippen LogP contribution < -0.4 is 5.32 Å². The standard InChI is InChI=1S/C11H19N3/c1-2-12-7-10-8-13-14(9-10)11-5-3-4-6-11/h8-9,11-12H,2-7H2,1H3. The first-order valence-electron chi connectivity index (χ1n) is 5.64. The van der Waals surface area contributed by atoms with Crippen molar-refractivity contribution in [1.82, 2.24) is 15.1 Å². The summed E-state index contributed by atoms with van der Waals surface area (Å²) in [6.45, 7) is 4.10. The topological polar surface area (TPSA) is 29.9 Å². The van der Waals surface area contributed by atoms with Crippen LogP contribution in [-0.4, -0.2) is 16.3 Å². The van der Waals surface area contributed by atoms with E-state index in [-0.39, 0.29) is 0 Å². The van der Waals surface area contributed by atoms with Crippen molar-refractivity contribution in [2.24, 2.45) is 0 Å². The minimum atomic E-state index is 0.672. The Bertz CT molecular complexity index is 274. The van der Waals surface area contributed by atoms with Crippen molar-refractivity contribution in [2.75, 3.05) is 6.54 Å². The second-order valence-corrected chi connectivity index (χ2v) is 4.05. The van der Waals surface area contributed by atoms with Gasteiger partial charge in [0.1, 0.15) is 0 Å². The number of rotatable bonds is 4. The molecule has 1 aliphatic carbocycles. The molecule has 0 bridgehead atoms. The summed E-state index contributed by atoms with van der Waals surface area (Å²) >= 11 is 0. The van der Waals surface area contributed by atoms with Gasteiger partial charge in [-0.2, -0.15) is 5.10 Å². The first kappa shape index (κ1) is 9.71. The SMILES string of the molecule is CCNCc1cnn(C2CCCC2)c1. The van der Waals surface area contributed by atoms with E-state index < -0.39 is 0 Å². The number of hydrogen-bond acceptors (Lipinski definition) is 2. The highest BCUT2D eigenvalue weighted by Gasteiger charge is 2.17. The van der Waals surface area contributed by atoms with Gasteiger partial charge in [-0.15, -0.1) is 0 Å². The third kappa shape index (κ3) is 2.15. The molecule has 0 unspecified atom stereocenters. The zero-order valence-corrected chi connectivity index (χ0v) is 8.87. The molecular formula is C11H19N3. The number of hydrogen-bond donors (Lipinski definition) is 1. The molecule has 3 heteroatoms. The lowest BCUT2D eigenvalue weighted by molar-refractivity contribution is 0.466. The molecule has 78 valence electrons. The maximum absolute atomic E-state index is 4.43. The van der Waals surface area contributed by atoms with E-state index in [1.165, 1.54) is 31.2 Å². The fourth-order valence-electron chi connectivity index (χ4n) is 2.11. The Morgan fingerprint density at radius 2 is 2.29 bits per heavy atom. The van der Waals surface area contributed by atoms with Crippen LogP contribution in [-0.2, 0) is 6.54 Å². The van der Waals surface area contributed by atoms with E-state index in [1.807, 2.05) is 6.20 Å². The van der Waals surface area contributed by atoms with Crippen molar-refractivity contribution >= 4 is 0 Å². The first-order valence-corrected chi connectivity index (χ1v) is 5.64. The van der Waals surface area contributed by atoms with Crippen LogP contribution >= 0.6 is 0 Å². The molecule has 3 nitrogen and oxygen atoms in total. The Labute approximate surface area is 85.5 Å². The van der Waals surface area contributed by atoms with Crippen molar-refractivity contribution in [3.8, 4) is 0 Å². The Morgan fingerprint density at radius 3 is 3.00 bits per heavy atom. The number of nitrogens with one attached hydrogen (secondary N) is 1.